The van der Waals surface area contributed by atoms with Crippen molar-refractivity contribution in [3.05, 3.63) is 41.2 Å². The standard InChI is InChI=1S/C14H13ClF2N2O/c1-8(2)11-7-12(15)19-13(18-11)9-3-5-10(6-4-9)20-14(16)17/h3-8,14H,1-2H3. The number of halogens is 3. The number of aromatic nitrogens is 2. The van der Waals surface area contributed by atoms with Gasteiger partial charge < -0.3 is 4.74 Å². The molecule has 0 unspecified atom stereocenters. The molecular weight excluding hydrogens is 286 g/mol. The highest BCUT2D eigenvalue weighted by molar-refractivity contribution is 6.29. The van der Waals surface area contributed by atoms with Gasteiger partial charge in [0.15, 0.2) is 5.82 Å². The van der Waals surface area contributed by atoms with Crippen LogP contribution in [0.2, 0.25) is 5.15 Å². The molecule has 0 atom stereocenters. The topological polar surface area (TPSA) is 35.0 Å². The second kappa shape index (κ2) is 6.13. The molecule has 0 aliphatic carbocycles. The van der Waals surface area contributed by atoms with Crippen LogP contribution in [0.5, 0.6) is 5.75 Å². The van der Waals surface area contributed by atoms with Crippen LogP contribution in [0.25, 0.3) is 11.4 Å². The van der Waals surface area contributed by atoms with E-state index in [-0.39, 0.29) is 11.7 Å². The lowest BCUT2D eigenvalue weighted by Crippen LogP contribution is -2.02. The number of nitrogens with zero attached hydrogens (tertiary/aromatic N) is 2. The van der Waals surface area contributed by atoms with E-state index in [1.807, 2.05) is 13.8 Å². The van der Waals surface area contributed by atoms with Crippen molar-refractivity contribution in [3.63, 3.8) is 0 Å². The molecule has 0 radical (unpaired) electrons. The van der Waals surface area contributed by atoms with Crippen LogP contribution >= 0.6 is 11.6 Å². The van der Waals surface area contributed by atoms with Crippen LogP contribution in [0.4, 0.5) is 8.78 Å². The Bertz CT molecular complexity index is 588. The molecule has 1 aromatic carbocycles. The molecule has 0 saturated heterocycles. The lowest BCUT2D eigenvalue weighted by atomic mass is 10.1. The lowest BCUT2D eigenvalue weighted by molar-refractivity contribution is -0.0498. The predicted molar refractivity (Wildman–Crippen MR) is 73.2 cm³/mol. The van der Waals surface area contributed by atoms with Crippen LogP contribution < -0.4 is 4.74 Å². The highest BCUT2D eigenvalue weighted by Gasteiger charge is 2.09. The largest absolute Gasteiger partial charge is 0.435 e. The van der Waals surface area contributed by atoms with Crippen LogP contribution in [0.15, 0.2) is 30.3 Å². The van der Waals surface area contributed by atoms with E-state index in [4.69, 9.17) is 11.6 Å². The zero-order valence-corrected chi connectivity index (χ0v) is 11.7. The van der Waals surface area contributed by atoms with Gasteiger partial charge in [-0.1, -0.05) is 25.4 Å². The first kappa shape index (κ1) is 14.7. The Balaban J connectivity index is 2.31. The van der Waals surface area contributed by atoms with E-state index in [0.717, 1.165) is 5.69 Å². The third kappa shape index (κ3) is 3.63. The molecule has 2 aromatic rings. The van der Waals surface area contributed by atoms with E-state index in [2.05, 4.69) is 14.7 Å². The molecule has 0 bridgehead atoms. The van der Waals surface area contributed by atoms with E-state index in [9.17, 15) is 8.78 Å². The van der Waals surface area contributed by atoms with Gasteiger partial charge in [0.2, 0.25) is 0 Å². The first-order chi connectivity index (χ1) is 9.45. The summed E-state index contributed by atoms with van der Waals surface area (Å²) in [6.07, 6.45) is 0. The smallest absolute Gasteiger partial charge is 0.387 e. The quantitative estimate of drug-likeness (QED) is 0.778. The summed E-state index contributed by atoms with van der Waals surface area (Å²) in [5.74, 6) is 0.773. The third-order valence-electron chi connectivity index (χ3n) is 2.64. The molecular formula is C14H13ClF2N2O. The molecule has 0 fully saturated rings. The van der Waals surface area contributed by atoms with Crippen LogP contribution in [0.1, 0.15) is 25.5 Å². The summed E-state index contributed by atoms with van der Waals surface area (Å²) in [6.45, 7) is 1.17. The van der Waals surface area contributed by atoms with E-state index < -0.39 is 6.61 Å². The van der Waals surface area contributed by atoms with E-state index in [1.54, 1.807) is 18.2 Å². The van der Waals surface area contributed by atoms with Crippen molar-refractivity contribution in [2.75, 3.05) is 0 Å². The number of rotatable bonds is 4. The maximum absolute atomic E-state index is 12.1. The maximum Gasteiger partial charge on any atom is 0.387 e. The minimum absolute atomic E-state index is 0.0925. The zero-order valence-electron chi connectivity index (χ0n) is 11.0. The van der Waals surface area contributed by atoms with Gasteiger partial charge in [-0.05, 0) is 36.2 Å². The summed E-state index contributed by atoms with van der Waals surface area (Å²) in [6, 6.07) is 7.84. The fraction of sp³-hybridized carbons (Fsp3) is 0.286. The van der Waals surface area contributed by atoms with E-state index >= 15 is 0 Å². The third-order valence-corrected chi connectivity index (χ3v) is 2.84. The fourth-order valence-electron chi connectivity index (χ4n) is 1.65. The SMILES string of the molecule is CC(C)c1cc(Cl)nc(-c2ccc(OC(F)F)cc2)n1. The fourth-order valence-corrected chi connectivity index (χ4v) is 1.84. The summed E-state index contributed by atoms with van der Waals surface area (Å²) in [4.78, 5) is 8.55. The molecule has 3 nitrogen and oxygen atoms in total. The molecule has 6 heteroatoms. The molecule has 0 amide bonds. The predicted octanol–water partition coefficient (Wildman–Crippen LogP) is 4.52. The highest BCUT2D eigenvalue weighted by Crippen LogP contribution is 2.24. The maximum atomic E-state index is 12.1. The lowest BCUT2D eigenvalue weighted by Gasteiger charge is -2.08. The molecule has 106 valence electrons. The Morgan fingerprint density at radius 3 is 2.30 bits per heavy atom. The molecule has 0 saturated carbocycles. The first-order valence-electron chi connectivity index (χ1n) is 6.05. The highest BCUT2D eigenvalue weighted by atomic mass is 35.5. The molecule has 0 aliphatic rings. The van der Waals surface area contributed by atoms with Crippen LogP contribution in [-0.4, -0.2) is 16.6 Å². The van der Waals surface area contributed by atoms with Crippen molar-refractivity contribution in [3.8, 4) is 17.1 Å². The van der Waals surface area contributed by atoms with E-state index in [1.165, 1.54) is 12.1 Å². The van der Waals surface area contributed by atoms with Gasteiger partial charge in [-0.3, -0.25) is 0 Å². The number of alkyl halides is 2. The van der Waals surface area contributed by atoms with Crippen molar-refractivity contribution in [1.29, 1.82) is 0 Å². The summed E-state index contributed by atoms with van der Waals surface area (Å²) >= 11 is 5.97. The van der Waals surface area contributed by atoms with Crippen molar-refractivity contribution in [2.45, 2.75) is 26.4 Å². The number of ether oxygens (including phenoxy) is 1. The number of hydrogen-bond donors (Lipinski definition) is 0. The van der Waals surface area contributed by atoms with Gasteiger partial charge >= 0.3 is 6.61 Å². The molecule has 2 rings (SSSR count). The van der Waals surface area contributed by atoms with Crippen molar-refractivity contribution in [2.24, 2.45) is 0 Å². The van der Waals surface area contributed by atoms with Gasteiger partial charge in [0.25, 0.3) is 0 Å². The minimum Gasteiger partial charge on any atom is -0.435 e. The van der Waals surface area contributed by atoms with Crippen LogP contribution in [-0.2, 0) is 0 Å². The molecule has 0 N–H and O–H groups in total. The second-order valence-electron chi connectivity index (χ2n) is 4.50. The molecule has 0 spiro atoms. The first-order valence-corrected chi connectivity index (χ1v) is 6.43. The van der Waals surface area contributed by atoms with Crippen LogP contribution in [0, 0.1) is 0 Å². The molecule has 0 aliphatic heterocycles. The second-order valence-corrected chi connectivity index (χ2v) is 4.88. The minimum atomic E-state index is -2.84. The summed E-state index contributed by atoms with van der Waals surface area (Å²) in [7, 11) is 0. The summed E-state index contributed by atoms with van der Waals surface area (Å²) < 4.78 is 28.4. The molecule has 20 heavy (non-hydrogen) atoms. The average molecular weight is 299 g/mol. The van der Waals surface area contributed by atoms with Gasteiger partial charge in [-0.25, -0.2) is 9.97 Å². The number of hydrogen-bond acceptors (Lipinski definition) is 3. The summed E-state index contributed by atoms with van der Waals surface area (Å²) in [5, 5.41) is 0.353. The van der Waals surface area contributed by atoms with Gasteiger partial charge in [0, 0.05) is 11.3 Å². The Labute approximate surface area is 120 Å². The Kier molecular flexibility index (Phi) is 4.49. The van der Waals surface area contributed by atoms with Gasteiger partial charge in [-0.15, -0.1) is 0 Å². The Morgan fingerprint density at radius 1 is 1.10 bits per heavy atom. The van der Waals surface area contributed by atoms with Crippen molar-refractivity contribution < 1.29 is 13.5 Å². The molecule has 1 heterocycles. The van der Waals surface area contributed by atoms with Gasteiger partial charge in [-0.2, -0.15) is 8.78 Å². The Hall–Kier alpha value is -1.75. The monoisotopic (exact) mass is 298 g/mol. The van der Waals surface area contributed by atoms with Gasteiger partial charge in [0.05, 0.1) is 0 Å². The molecule has 1 aromatic heterocycles. The normalized spacial score (nSPS) is 11.2. The number of benzene rings is 1. The zero-order chi connectivity index (χ0) is 14.7. The van der Waals surface area contributed by atoms with Crippen molar-refractivity contribution in [1.82, 2.24) is 9.97 Å². The van der Waals surface area contributed by atoms with Crippen molar-refractivity contribution >= 4 is 11.6 Å². The van der Waals surface area contributed by atoms with Crippen LogP contribution in [0.3, 0.4) is 0 Å². The summed E-state index contributed by atoms with van der Waals surface area (Å²) in [5.41, 5.74) is 1.52. The Morgan fingerprint density at radius 2 is 1.75 bits per heavy atom. The van der Waals surface area contributed by atoms with Gasteiger partial charge in [0.1, 0.15) is 10.9 Å². The average Bonchev–Trinajstić information content (AvgIpc) is 2.38. The van der Waals surface area contributed by atoms with E-state index in [0.29, 0.717) is 16.5 Å².